The third kappa shape index (κ3) is 3.31. The second kappa shape index (κ2) is 7.51. The second-order valence-electron chi connectivity index (χ2n) is 8.10. The van der Waals surface area contributed by atoms with Gasteiger partial charge in [0.15, 0.2) is 0 Å². The molecular weight excluding hydrogens is 336 g/mol. The highest BCUT2D eigenvalue weighted by molar-refractivity contribution is 5.99. The first-order chi connectivity index (χ1) is 13.1. The Labute approximate surface area is 161 Å². The van der Waals surface area contributed by atoms with Crippen molar-refractivity contribution in [2.24, 2.45) is 7.05 Å². The van der Waals surface area contributed by atoms with Crippen LogP contribution in [0.5, 0.6) is 0 Å². The van der Waals surface area contributed by atoms with Crippen LogP contribution in [0.2, 0.25) is 0 Å². The third-order valence-electron chi connectivity index (χ3n) is 5.89. The fourth-order valence-electron chi connectivity index (χ4n) is 4.68. The Hall–Kier alpha value is -2.07. The molecule has 27 heavy (non-hydrogen) atoms. The average molecular weight is 367 g/mol. The fraction of sp³-hybridized carbons (Fsp3) is 0.522. The molecule has 0 saturated carbocycles. The van der Waals surface area contributed by atoms with Gasteiger partial charge < -0.3 is 14.2 Å². The molecule has 2 heterocycles. The van der Waals surface area contributed by atoms with Crippen LogP contribution in [0, 0.1) is 0 Å². The summed E-state index contributed by atoms with van der Waals surface area (Å²) < 4.78 is 7.91. The van der Waals surface area contributed by atoms with Crippen molar-refractivity contribution >= 4 is 16.8 Å². The number of benzene rings is 1. The number of rotatable bonds is 6. The first-order valence-corrected chi connectivity index (χ1v) is 10.3. The number of nitrogens with zero attached hydrogens (tertiary/aromatic N) is 2. The van der Waals surface area contributed by atoms with E-state index in [0.29, 0.717) is 6.61 Å². The normalized spacial score (nSPS) is 20.2. The van der Waals surface area contributed by atoms with E-state index in [0.717, 1.165) is 37.8 Å². The van der Waals surface area contributed by atoms with Gasteiger partial charge in [0, 0.05) is 48.4 Å². The molecule has 0 N–H and O–H groups in total. The van der Waals surface area contributed by atoms with Crippen molar-refractivity contribution in [1.29, 1.82) is 0 Å². The Kier molecular flexibility index (Phi) is 5.09. The van der Waals surface area contributed by atoms with Crippen molar-refractivity contribution in [3.05, 3.63) is 47.2 Å². The Morgan fingerprint density at radius 1 is 1.19 bits per heavy atom. The van der Waals surface area contributed by atoms with Gasteiger partial charge in [-0.3, -0.25) is 4.79 Å². The molecule has 1 amide bonds. The number of para-hydroxylation sites is 1. The first-order valence-electron chi connectivity index (χ1n) is 10.3. The quantitative estimate of drug-likeness (QED) is 0.692. The van der Waals surface area contributed by atoms with Crippen LogP contribution in [0.1, 0.15) is 57.6 Å². The van der Waals surface area contributed by atoms with Crippen molar-refractivity contribution < 1.29 is 9.53 Å². The number of carbonyl (C=O) groups excluding carboxylic acids is 1. The molecule has 0 unspecified atom stereocenters. The summed E-state index contributed by atoms with van der Waals surface area (Å²) in [4.78, 5) is 15.3. The summed E-state index contributed by atoms with van der Waals surface area (Å²) in [5.74, 6) is 0.257. The lowest BCUT2D eigenvalue weighted by Gasteiger charge is -2.27. The molecule has 1 atom stereocenters. The van der Waals surface area contributed by atoms with Crippen molar-refractivity contribution in [3.8, 4) is 0 Å². The van der Waals surface area contributed by atoms with Crippen molar-refractivity contribution in [2.75, 3.05) is 13.2 Å². The van der Waals surface area contributed by atoms with Gasteiger partial charge in [-0.1, -0.05) is 18.2 Å². The van der Waals surface area contributed by atoms with E-state index < -0.39 is 0 Å². The molecule has 2 aliphatic rings. The predicted molar refractivity (Wildman–Crippen MR) is 109 cm³/mol. The van der Waals surface area contributed by atoms with Gasteiger partial charge in [0.2, 0.25) is 0 Å². The molecule has 4 heteroatoms. The number of ether oxygens (including phenoxy) is 1. The number of carbonyl (C=O) groups is 1. The van der Waals surface area contributed by atoms with Crippen LogP contribution in [0.15, 0.2) is 41.6 Å². The van der Waals surface area contributed by atoms with Crippen LogP contribution in [0.4, 0.5) is 0 Å². The lowest BCUT2D eigenvalue weighted by Crippen LogP contribution is -2.32. The number of hydrogen-bond acceptors (Lipinski definition) is 2. The number of hydrogen-bond donors (Lipinski definition) is 0. The van der Waals surface area contributed by atoms with E-state index >= 15 is 0 Å². The lowest BCUT2D eigenvalue weighted by molar-refractivity contribution is -0.127. The van der Waals surface area contributed by atoms with Crippen molar-refractivity contribution in [3.63, 3.8) is 0 Å². The molecule has 1 aromatic heterocycles. The van der Waals surface area contributed by atoms with Gasteiger partial charge in [-0.15, -0.1) is 0 Å². The van der Waals surface area contributed by atoms with E-state index in [4.69, 9.17) is 4.74 Å². The summed E-state index contributed by atoms with van der Waals surface area (Å²) in [5.41, 5.74) is 4.96. The van der Waals surface area contributed by atoms with Crippen LogP contribution in [-0.4, -0.2) is 34.6 Å². The summed E-state index contributed by atoms with van der Waals surface area (Å²) >= 11 is 0. The van der Waals surface area contributed by atoms with Gasteiger partial charge in [0.05, 0.1) is 12.1 Å². The molecule has 0 spiro atoms. The summed E-state index contributed by atoms with van der Waals surface area (Å²) in [6.45, 7) is 5.57. The van der Waals surface area contributed by atoms with Crippen LogP contribution < -0.4 is 0 Å². The van der Waals surface area contributed by atoms with Gasteiger partial charge >= 0.3 is 0 Å². The summed E-state index contributed by atoms with van der Waals surface area (Å²) in [6, 6.07) is 8.62. The number of fused-ring (bicyclic) bond motifs is 1. The zero-order chi connectivity index (χ0) is 19.0. The molecule has 144 valence electrons. The summed E-state index contributed by atoms with van der Waals surface area (Å²) in [6.07, 6.45) is 7.66. The second-order valence-corrected chi connectivity index (χ2v) is 8.10. The zero-order valence-corrected chi connectivity index (χ0v) is 16.7. The number of aryl methyl sites for hydroxylation is 1. The van der Waals surface area contributed by atoms with Gasteiger partial charge in [0.25, 0.3) is 5.91 Å². The average Bonchev–Trinajstić information content (AvgIpc) is 3.14. The highest BCUT2D eigenvalue weighted by atomic mass is 16.5. The molecule has 0 fully saturated rings. The van der Waals surface area contributed by atoms with Crippen molar-refractivity contribution in [2.45, 2.75) is 58.1 Å². The maximum atomic E-state index is 13.2. The van der Waals surface area contributed by atoms with E-state index in [1.165, 1.54) is 28.5 Å². The zero-order valence-electron chi connectivity index (χ0n) is 16.7. The molecule has 1 aliphatic heterocycles. The van der Waals surface area contributed by atoms with E-state index in [2.05, 4.69) is 60.8 Å². The molecule has 0 radical (unpaired) electrons. The molecular formula is C23H30N2O2. The Morgan fingerprint density at radius 2 is 1.96 bits per heavy atom. The van der Waals surface area contributed by atoms with Gasteiger partial charge in [-0.25, -0.2) is 0 Å². The molecule has 0 bridgehead atoms. The smallest absolute Gasteiger partial charge is 0.250 e. The molecule has 4 nitrogen and oxygen atoms in total. The third-order valence-corrected chi connectivity index (χ3v) is 5.89. The molecule has 4 rings (SSSR count). The molecule has 2 aromatic rings. The molecule has 0 saturated heterocycles. The predicted octanol–water partition coefficient (Wildman–Crippen LogP) is 4.75. The molecule has 1 aromatic carbocycles. The van der Waals surface area contributed by atoms with Gasteiger partial charge in [-0.05, 0) is 57.6 Å². The van der Waals surface area contributed by atoms with Crippen molar-refractivity contribution in [1.82, 2.24) is 9.47 Å². The highest BCUT2D eigenvalue weighted by Crippen LogP contribution is 2.46. The van der Waals surface area contributed by atoms with Crippen LogP contribution in [0.25, 0.3) is 10.9 Å². The molecule has 1 aliphatic carbocycles. The highest BCUT2D eigenvalue weighted by Gasteiger charge is 2.41. The lowest BCUT2D eigenvalue weighted by atomic mass is 9.87. The Bertz CT molecular complexity index is 878. The maximum Gasteiger partial charge on any atom is 0.250 e. The number of aromatic nitrogens is 1. The summed E-state index contributed by atoms with van der Waals surface area (Å²) in [5, 5.41) is 1.26. The van der Waals surface area contributed by atoms with E-state index in [1.54, 1.807) is 0 Å². The largest absolute Gasteiger partial charge is 0.379 e. The van der Waals surface area contributed by atoms with Crippen LogP contribution in [-0.2, 0) is 16.6 Å². The van der Waals surface area contributed by atoms with Gasteiger partial charge in [0.1, 0.15) is 0 Å². The van der Waals surface area contributed by atoms with Crippen LogP contribution >= 0.6 is 0 Å². The summed E-state index contributed by atoms with van der Waals surface area (Å²) in [7, 11) is 2.10. The van der Waals surface area contributed by atoms with Crippen LogP contribution in [0.3, 0.4) is 0 Å². The van der Waals surface area contributed by atoms with E-state index in [9.17, 15) is 4.79 Å². The number of amides is 1. The fourth-order valence-corrected chi connectivity index (χ4v) is 4.68. The Morgan fingerprint density at radius 3 is 2.78 bits per heavy atom. The topological polar surface area (TPSA) is 34.5 Å². The minimum atomic E-state index is 0.0953. The van der Waals surface area contributed by atoms with E-state index in [1.807, 2.05) is 0 Å². The Balaban J connectivity index is 1.69. The SMILES string of the molecule is CC(C)OCCCN1C(=O)C2=C(CCCC2)[C@H]1c1cn(C)c2ccccc12. The van der Waals surface area contributed by atoms with E-state index in [-0.39, 0.29) is 18.1 Å². The minimum absolute atomic E-state index is 0.0953. The standard InChI is InChI=1S/C23H30N2O2/c1-16(2)27-14-8-13-25-22(18-10-4-5-11-19(18)23(25)26)20-15-24(3)21-12-7-6-9-17(20)21/h6-7,9,12,15-16,22H,4-5,8,10-11,13-14H2,1-3H3/t22-/m0/s1. The monoisotopic (exact) mass is 366 g/mol. The van der Waals surface area contributed by atoms with Gasteiger partial charge in [-0.2, -0.15) is 0 Å². The first kappa shape index (κ1) is 18.3. The maximum absolute atomic E-state index is 13.2. The minimum Gasteiger partial charge on any atom is -0.379 e.